The average Bonchev–Trinajstić information content (AvgIpc) is 2.36. The number of benzene rings is 1. The van der Waals surface area contributed by atoms with E-state index in [1.165, 1.54) is 11.8 Å². The van der Waals surface area contributed by atoms with Crippen LogP contribution in [-0.2, 0) is 16.0 Å². The minimum Gasteiger partial charge on any atom is -0.481 e. The zero-order valence-electron chi connectivity index (χ0n) is 10.8. The van der Waals surface area contributed by atoms with Crippen molar-refractivity contribution in [3.05, 3.63) is 35.4 Å². The summed E-state index contributed by atoms with van der Waals surface area (Å²) in [6, 6.07) is 7.56. The number of hydrogen-bond donors (Lipinski definition) is 1. The molecule has 0 radical (unpaired) electrons. The maximum absolute atomic E-state index is 10.7. The Hall–Kier alpha value is -1.73. The molecule has 1 rings (SSSR count). The third-order valence-electron chi connectivity index (χ3n) is 2.38. The van der Waals surface area contributed by atoms with Crippen molar-refractivity contribution in [3.8, 4) is 11.8 Å². The molecule has 100 valence electrons. The van der Waals surface area contributed by atoms with Crippen molar-refractivity contribution in [2.24, 2.45) is 0 Å². The summed E-state index contributed by atoms with van der Waals surface area (Å²) in [5.74, 6) is 5.95. The number of carboxylic acid groups (broad SMARTS) is 1. The second-order valence-corrected chi connectivity index (χ2v) is 5.21. The highest BCUT2D eigenvalue weighted by Crippen LogP contribution is 2.10. The minimum absolute atomic E-state index is 0.101. The summed E-state index contributed by atoms with van der Waals surface area (Å²) in [4.78, 5) is 21.3. The summed E-state index contributed by atoms with van der Waals surface area (Å²) < 4.78 is 0. The zero-order valence-corrected chi connectivity index (χ0v) is 11.6. The van der Waals surface area contributed by atoms with Gasteiger partial charge in [-0.25, -0.2) is 0 Å². The molecule has 19 heavy (non-hydrogen) atoms. The van der Waals surface area contributed by atoms with E-state index in [2.05, 4.69) is 11.8 Å². The van der Waals surface area contributed by atoms with E-state index in [4.69, 9.17) is 5.11 Å². The van der Waals surface area contributed by atoms with E-state index in [-0.39, 0.29) is 11.5 Å². The largest absolute Gasteiger partial charge is 0.481 e. The third kappa shape index (κ3) is 6.68. The van der Waals surface area contributed by atoms with Crippen molar-refractivity contribution < 1.29 is 14.7 Å². The van der Waals surface area contributed by atoms with Gasteiger partial charge in [-0.15, -0.1) is 0 Å². The lowest BCUT2D eigenvalue weighted by atomic mass is 10.0. The predicted molar refractivity (Wildman–Crippen MR) is 77.0 cm³/mol. The summed E-state index contributed by atoms with van der Waals surface area (Å²) in [6.07, 6.45) is 1.25. The number of hydrogen-bond acceptors (Lipinski definition) is 3. The molecule has 1 N–H and O–H groups in total. The highest BCUT2D eigenvalue weighted by atomic mass is 32.2. The summed E-state index contributed by atoms with van der Waals surface area (Å²) >= 11 is 1.27. The van der Waals surface area contributed by atoms with Gasteiger partial charge in [0.2, 0.25) is 0 Å². The number of aliphatic carboxylic acids is 1. The zero-order chi connectivity index (χ0) is 14.1. The van der Waals surface area contributed by atoms with Gasteiger partial charge in [-0.05, 0) is 18.1 Å². The van der Waals surface area contributed by atoms with Gasteiger partial charge < -0.3 is 5.11 Å². The number of aryl methyl sites for hydroxylation is 1. The first-order valence-corrected chi connectivity index (χ1v) is 7.00. The Kier molecular flexibility index (Phi) is 6.76. The van der Waals surface area contributed by atoms with Gasteiger partial charge in [0, 0.05) is 31.1 Å². The van der Waals surface area contributed by atoms with Gasteiger partial charge in [-0.2, -0.15) is 0 Å². The molecule has 3 nitrogen and oxygen atoms in total. The van der Waals surface area contributed by atoms with Crippen molar-refractivity contribution in [2.45, 2.75) is 26.2 Å². The Balaban J connectivity index is 2.59. The fourth-order valence-corrected chi connectivity index (χ4v) is 2.00. The van der Waals surface area contributed by atoms with Gasteiger partial charge in [0.25, 0.3) is 0 Å². The van der Waals surface area contributed by atoms with Crippen LogP contribution in [0.3, 0.4) is 0 Å². The Labute approximate surface area is 117 Å². The van der Waals surface area contributed by atoms with Crippen LogP contribution >= 0.6 is 11.8 Å². The van der Waals surface area contributed by atoms with Gasteiger partial charge in [0.05, 0.1) is 0 Å². The molecule has 0 aromatic heterocycles. The lowest BCUT2D eigenvalue weighted by molar-refractivity contribution is -0.137. The van der Waals surface area contributed by atoms with Crippen LogP contribution in [0.25, 0.3) is 0 Å². The van der Waals surface area contributed by atoms with Gasteiger partial charge in [-0.1, -0.05) is 41.8 Å². The Morgan fingerprint density at radius 1 is 1.32 bits per heavy atom. The van der Waals surface area contributed by atoms with Crippen LogP contribution in [0.4, 0.5) is 0 Å². The first-order chi connectivity index (χ1) is 9.09. The first-order valence-electron chi connectivity index (χ1n) is 6.01. The van der Waals surface area contributed by atoms with E-state index in [1.54, 1.807) is 6.92 Å². The summed E-state index contributed by atoms with van der Waals surface area (Å²) in [6.45, 7) is 1.54. The Morgan fingerprint density at radius 2 is 2.05 bits per heavy atom. The summed E-state index contributed by atoms with van der Waals surface area (Å²) in [5.41, 5.74) is 1.83. The lowest BCUT2D eigenvalue weighted by Gasteiger charge is -2.01. The Morgan fingerprint density at radius 3 is 2.74 bits per heavy atom. The fourth-order valence-electron chi connectivity index (χ4n) is 1.51. The molecule has 0 unspecified atom stereocenters. The molecule has 0 heterocycles. The smallest absolute Gasteiger partial charge is 0.303 e. The average molecular weight is 276 g/mol. The van der Waals surface area contributed by atoms with Gasteiger partial charge in [0.15, 0.2) is 5.12 Å². The van der Waals surface area contributed by atoms with Crippen molar-refractivity contribution in [3.63, 3.8) is 0 Å². The lowest BCUT2D eigenvalue weighted by Crippen LogP contribution is -1.99. The molecule has 0 bridgehead atoms. The molecule has 0 saturated heterocycles. The topological polar surface area (TPSA) is 54.4 Å². The number of carbonyl (C=O) groups excluding carboxylic acids is 1. The van der Waals surface area contributed by atoms with Crippen molar-refractivity contribution >= 4 is 22.8 Å². The van der Waals surface area contributed by atoms with Crippen LogP contribution in [-0.4, -0.2) is 21.9 Å². The monoisotopic (exact) mass is 276 g/mol. The molecule has 0 fully saturated rings. The molecule has 0 aliphatic heterocycles. The number of carbonyl (C=O) groups is 2. The van der Waals surface area contributed by atoms with E-state index >= 15 is 0 Å². The number of thioether (sulfide) groups is 1. The highest BCUT2D eigenvalue weighted by molar-refractivity contribution is 8.13. The Bertz CT molecular complexity index is 512. The van der Waals surface area contributed by atoms with Crippen LogP contribution < -0.4 is 0 Å². The molecular formula is C15H16O3S. The second kappa shape index (κ2) is 8.39. The molecular weight excluding hydrogens is 260 g/mol. The van der Waals surface area contributed by atoms with Crippen LogP contribution in [0.15, 0.2) is 24.3 Å². The molecule has 1 aromatic carbocycles. The van der Waals surface area contributed by atoms with Crippen LogP contribution in [0.5, 0.6) is 0 Å². The summed E-state index contributed by atoms with van der Waals surface area (Å²) in [5, 5.41) is 8.79. The molecule has 0 saturated carbocycles. The van der Waals surface area contributed by atoms with Crippen LogP contribution in [0.1, 0.15) is 30.9 Å². The molecule has 0 aliphatic rings. The second-order valence-electron chi connectivity index (χ2n) is 3.94. The minimum atomic E-state index is -0.805. The molecule has 0 spiro atoms. The predicted octanol–water partition coefficient (Wildman–Crippen LogP) is 2.73. The molecule has 4 heteroatoms. The van der Waals surface area contributed by atoms with Crippen LogP contribution in [0.2, 0.25) is 0 Å². The van der Waals surface area contributed by atoms with Gasteiger partial charge in [-0.3, -0.25) is 9.59 Å². The normalized spacial score (nSPS) is 9.53. The van der Waals surface area contributed by atoms with Gasteiger partial charge >= 0.3 is 5.97 Å². The van der Waals surface area contributed by atoms with E-state index in [0.29, 0.717) is 18.6 Å². The highest BCUT2D eigenvalue weighted by Gasteiger charge is 2.02. The molecule has 1 aromatic rings. The number of rotatable bonds is 5. The summed E-state index contributed by atoms with van der Waals surface area (Å²) in [7, 11) is 0. The third-order valence-corrected chi connectivity index (χ3v) is 3.20. The fraction of sp³-hybridized carbons (Fsp3) is 0.333. The van der Waals surface area contributed by atoms with E-state index < -0.39 is 5.97 Å². The molecule has 0 atom stereocenters. The van der Waals surface area contributed by atoms with E-state index in [9.17, 15) is 9.59 Å². The first kappa shape index (κ1) is 15.3. The maximum atomic E-state index is 10.7. The van der Waals surface area contributed by atoms with E-state index in [1.807, 2.05) is 24.3 Å². The SMILES string of the molecule is CC(=O)SCCC#Cc1ccccc1CCC(=O)O. The van der Waals surface area contributed by atoms with E-state index in [0.717, 1.165) is 11.1 Å². The molecule has 0 aliphatic carbocycles. The maximum Gasteiger partial charge on any atom is 0.303 e. The number of carboxylic acids is 1. The quantitative estimate of drug-likeness (QED) is 0.663. The van der Waals surface area contributed by atoms with Gasteiger partial charge in [0.1, 0.15) is 0 Å². The van der Waals surface area contributed by atoms with Crippen molar-refractivity contribution in [2.75, 3.05) is 5.75 Å². The van der Waals surface area contributed by atoms with Crippen molar-refractivity contribution in [1.82, 2.24) is 0 Å². The van der Waals surface area contributed by atoms with Crippen LogP contribution in [0, 0.1) is 11.8 Å². The van der Waals surface area contributed by atoms with Crippen molar-refractivity contribution in [1.29, 1.82) is 0 Å². The molecule has 0 amide bonds. The standard InChI is InChI=1S/C15H16O3S/c1-12(16)19-11-5-4-8-13-6-2-3-7-14(13)9-10-15(17)18/h2-3,6-7H,5,9-11H2,1H3,(H,17,18).